The number of carboxylic acids is 2. The van der Waals surface area contributed by atoms with E-state index in [1.54, 1.807) is 0 Å². The quantitative estimate of drug-likeness (QED) is 0.0342. The molecule has 6 nitrogen and oxygen atoms in total. The molecule has 0 saturated heterocycles. The summed E-state index contributed by atoms with van der Waals surface area (Å²) in [4.78, 5) is 18.8. The summed E-state index contributed by atoms with van der Waals surface area (Å²) < 4.78 is 19.1. The molecule has 0 N–H and O–H groups in total. The average Bonchev–Trinajstić information content (AvgIpc) is 3.33. The van der Waals surface area contributed by atoms with Crippen molar-refractivity contribution in [3.05, 3.63) is 12.2 Å². The van der Waals surface area contributed by atoms with Gasteiger partial charge in [0.05, 0.1) is 11.9 Å². The molecule has 0 bridgehead atoms. The Hall–Kier alpha value is 0.197. The van der Waals surface area contributed by atoms with Gasteiger partial charge in [-0.25, -0.2) is 0 Å². The molecule has 0 aliphatic rings. The van der Waals surface area contributed by atoms with Crippen molar-refractivity contribution < 1.29 is 26.0 Å². The van der Waals surface area contributed by atoms with Crippen molar-refractivity contribution in [1.29, 1.82) is 0 Å². The van der Waals surface area contributed by atoms with Crippen LogP contribution in [-0.2, 0) is 15.7 Å². The van der Waals surface area contributed by atoms with Crippen LogP contribution < -0.4 is 10.2 Å². The number of unbranched alkanes of at least 4 members (excludes halogenated alkanes) is 38. The maximum absolute atomic E-state index is 9.41. The fourth-order valence-electron chi connectivity index (χ4n) is 8.70. The molecule has 68 heavy (non-hydrogen) atoms. The van der Waals surface area contributed by atoms with E-state index in [2.05, 4.69) is 41.5 Å². The second kappa shape index (κ2) is 67.2. The van der Waals surface area contributed by atoms with Crippen molar-refractivity contribution in [2.45, 2.75) is 342 Å². The number of hydrogen-bond acceptors (Lipinski definition) is 6. The van der Waals surface area contributed by atoms with Gasteiger partial charge in [0.25, 0.3) is 0 Å². The third-order valence-electron chi connectivity index (χ3n) is 13.2. The molecule has 0 aliphatic heterocycles. The van der Waals surface area contributed by atoms with Crippen molar-refractivity contribution in [2.24, 2.45) is 0 Å². The Morgan fingerprint density at radius 1 is 0.279 bits per heavy atom. The minimum absolute atomic E-state index is 0.384. The van der Waals surface area contributed by atoms with E-state index < -0.39 is 52.3 Å². The van der Waals surface area contributed by atoms with E-state index in [4.69, 9.17) is 6.15 Å². The van der Waals surface area contributed by atoms with Crippen LogP contribution in [0.3, 0.4) is 0 Å². The largest absolute Gasteiger partial charge is 0.545 e. The fourth-order valence-corrected chi connectivity index (χ4v) is 21.6. The third-order valence-corrected chi connectivity index (χ3v) is 27.1. The van der Waals surface area contributed by atoms with Gasteiger partial charge in [-0.05, 0) is 12.2 Å². The number of hydrogen-bond donors (Lipinski definition) is 0. The fraction of sp³-hybridized carbons (Fsp3) is 0.933. The first-order valence-electron chi connectivity index (χ1n) is 30.4. The van der Waals surface area contributed by atoms with E-state index in [1.165, 1.54) is 300 Å². The van der Waals surface area contributed by atoms with Gasteiger partial charge >= 0.3 is 388 Å². The van der Waals surface area contributed by atoms with E-state index >= 15 is 0 Å². The van der Waals surface area contributed by atoms with Crippen LogP contribution in [0.2, 0.25) is 17.7 Å². The molecule has 0 unspecified atom stereocenters. The zero-order valence-corrected chi connectivity index (χ0v) is 52.7. The van der Waals surface area contributed by atoms with E-state index in [1.807, 2.05) is 0 Å². The Kier molecular flexibility index (Phi) is 71.6. The second-order valence-electron chi connectivity index (χ2n) is 20.2. The van der Waals surface area contributed by atoms with Crippen molar-refractivity contribution in [2.75, 3.05) is 13.2 Å². The van der Waals surface area contributed by atoms with Crippen LogP contribution in [-0.4, -0.2) is 65.5 Å². The topological polar surface area (TPSA) is 98.7 Å². The van der Waals surface area contributed by atoms with Gasteiger partial charge in [0.2, 0.25) is 0 Å². The van der Waals surface area contributed by atoms with Gasteiger partial charge in [0.1, 0.15) is 0 Å². The molecule has 8 heteroatoms. The zero-order chi connectivity index (χ0) is 50.5. The average molecular weight is 1180 g/mol. The molecule has 0 amide bonds. The Labute approximate surface area is 442 Å². The maximum Gasteiger partial charge on any atom is 0.0643 e. The number of carbonyl (C=O) groups is 2. The first kappa shape index (κ1) is 72.4. The molecule has 0 aliphatic carbocycles. The summed E-state index contributed by atoms with van der Waals surface area (Å²) in [5.74, 6) is -3.09. The van der Waals surface area contributed by atoms with Crippen LogP contribution in [0.25, 0.3) is 0 Å². The first-order valence-corrected chi connectivity index (χ1v) is 40.8. The van der Waals surface area contributed by atoms with Gasteiger partial charge in [0.15, 0.2) is 0 Å². The molecule has 0 atom stereocenters. The molecule has 0 rings (SSSR count). The predicted molar refractivity (Wildman–Crippen MR) is 299 cm³/mol. The second-order valence-corrected chi connectivity index (χ2v) is 33.7. The summed E-state index contributed by atoms with van der Waals surface area (Å²) in [6.45, 7) is 16.0. The molecular weight excluding hydrogens is 1050 g/mol. The Morgan fingerprint density at radius 3 is 0.618 bits per heavy atom. The number of carbonyl (C=O) groups excluding carboxylic acids is 2. The van der Waals surface area contributed by atoms with Gasteiger partial charge in [-0.3, -0.25) is 0 Å². The van der Waals surface area contributed by atoms with Crippen LogP contribution >= 0.6 is 0 Å². The number of aliphatic carboxylic acids is 2. The molecule has 0 aromatic heterocycles. The standard InChI is InChI=1S/2C12H25O.4C8H17.C4H4O4.2Sn/c2*1-2-3-4-5-6-7-8-9-10-11-12-13;4*1-3-5-7-8-6-4-2;5-3(6)1-2-4(7)8;;/h2*2-12H2,1H3;4*1,3-8H2,2H3;1-2H,(H,5,6)(H,7,8);;/q2*-1;;;;;;2*+2/p-2/b;;;;;;2-1-;;. The maximum atomic E-state index is 9.41. The molecule has 0 fully saturated rings. The molecule has 0 spiro atoms. The predicted octanol–water partition coefficient (Wildman–Crippen LogP) is 18.3. The van der Waals surface area contributed by atoms with E-state index in [0.717, 1.165) is 13.2 Å². The first-order chi connectivity index (χ1) is 33.3. The van der Waals surface area contributed by atoms with Gasteiger partial charge in [-0.2, -0.15) is 0 Å². The molecule has 0 heterocycles. The Balaban J connectivity index is -0.00000107. The van der Waals surface area contributed by atoms with E-state index in [0.29, 0.717) is 12.2 Å². The molecule has 404 valence electrons. The molecule has 0 aromatic rings. The van der Waals surface area contributed by atoms with Crippen molar-refractivity contribution in [3.8, 4) is 0 Å². The Bertz CT molecular complexity index is 858. The van der Waals surface area contributed by atoms with Gasteiger partial charge < -0.3 is 19.8 Å². The van der Waals surface area contributed by atoms with E-state index in [9.17, 15) is 19.8 Å². The van der Waals surface area contributed by atoms with Crippen LogP contribution in [0.1, 0.15) is 324 Å². The van der Waals surface area contributed by atoms with E-state index in [-0.39, 0.29) is 0 Å². The van der Waals surface area contributed by atoms with Crippen molar-refractivity contribution >= 4 is 52.3 Å². The van der Waals surface area contributed by atoms with Crippen LogP contribution in [0, 0.1) is 0 Å². The number of rotatable bonds is 54. The SMILES string of the molecule is CCCCCCCCCCCC[O][Sn+]([CH2]CCCCCCC)[CH2]CCCCCCC.CCCCCCCCCCCC[O][Sn+]([CH2]CCCCCCC)[CH2]CCCCCCC.O=C([O-])/C=C\C(=O)[O-]. The van der Waals surface area contributed by atoms with Crippen LogP contribution in [0.4, 0.5) is 0 Å². The Morgan fingerprint density at radius 2 is 0.441 bits per heavy atom. The van der Waals surface area contributed by atoms with Crippen LogP contribution in [0.15, 0.2) is 12.2 Å². The smallest absolute Gasteiger partial charge is 0.0643 e. The normalized spacial score (nSPS) is 11.1. The molecule has 0 saturated carbocycles. The van der Waals surface area contributed by atoms with Gasteiger partial charge in [0, 0.05) is 0 Å². The van der Waals surface area contributed by atoms with Crippen molar-refractivity contribution in [3.63, 3.8) is 0 Å². The molecule has 0 radical (unpaired) electrons. The summed E-state index contributed by atoms with van der Waals surface area (Å²) in [5, 5.41) is 18.8. The molecule has 0 aromatic carbocycles. The zero-order valence-electron chi connectivity index (χ0n) is 47.0. The van der Waals surface area contributed by atoms with Crippen molar-refractivity contribution in [1.82, 2.24) is 0 Å². The molecular formula is C60H120O6Sn2. The monoisotopic (exact) mass is 1180 g/mol. The summed E-state index contributed by atoms with van der Waals surface area (Å²) in [6, 6.07) is 0. The van der Waals surface area contributed by atoms with Crippen LogP contribution in [0.5, 0.6) is 0 Å². The summed E-state index contributed by atoms with van der Waals surface area (Å²) >= 11 is -3.09. The van der Waals surface area contributed by atoms with Gasteiger partial charge in [-0.1, -0.05) is 13.8 Å². The third kappa shape index (κ3) is 70.5. The number of carboxylic acid groups (broad SMARTS) is 2. The summed E-state index contributed by atoms with van der Waals surface area (Å²) in [7, 11) is 0. The summed E-state index contributed by atoms with van der Waals surface area (Å²) in [5.41, 5.74) is 0. The summed E-state index contributed by atoms with van der Waals surface area (Å²) in [6.07, 6.45) is 63.8. The van der Waals surface area contributed by atoms with Gasteiger partial charge in [-0.15, -0.1) is 0 Å². The minimum Gasteiger partial charge on any atom is -0.545 e. The minimum atomic E-state index is -1.55.